The van der Waals surface area contributed by atoms with Crippen LogP contribution in [0.4, 0.5) is 0 Å². The van der Waals surface area contributed by atoms with Crippen LogP contribution in [0.5, 0.6) is 0 Å². The van der Waals surface area contributed by atoms with Gasteiger partial charge in [0.15, 0.2) is 11.7 Å². The SMILES string of the molecule is Cc1oc2c(c1C(=O)N1CCC3(CC1)N=C(N)NC3=O)C(=O)CCC2. The molecule has 0 aromatic carbocycles. The summed E-state index contributed by atoms with van der Waals surface area (Å²) in [5, 5.41) is 2.53. The second-order valence-electron chi connectivity index (χ2n) is 6.88. The van der Waals surface area contributed by atoms with E-state index in [1.54, 1.807) is 11.8 Å². The largest absolute Gasteiger partial charge is 0.465 e. The Hall–Kier alpha value is -2.64. The van der Waals surface area contributed by atoms with E-state index >= 15 is 0 Å². The highest BCUT2D eigenvalue weighted by Crippen LogP contribution is 2.33. The fourth-order valence-electron chi connectivity index (χ4n) is 3.98. The lowest BCUT2D eigenvalue weighted by atomic mass is 9.87. The summed E-state index contributed by atoms with van der Waals surface area (Å²) in [6, 6.07) is 0. The molecule has 0 bridgehead atoms. The summed E-state index contributed by atoms with van der Waals surface area (Å²) in [5.41, 5.74) is 5.58. The Balaban J connectivity index is 1.57. The molecular weight excluding hydrogens is 324 g/mol. The summed E-state index contributed by atoms with van der Waals surface area (Å²) in [5.74, 6) is 0.814. The number of fused-ring (bicyclic) bond motifs is 1. The van der Waals surface area contributed by atoms with E-state index in [0.29, 0.717) is 61.4 Å². The van der Waals surface area contributed by atoms with Gasteiger partial charge in [-0.15, -0.1) is 0 Å². The van der Waals surface area contributed by atoms with Crippen LogP contribution in [-0.2, 0) is 11.2 Å². The number of aliphatic imine (C=N–C) groups is 1. The summed E-state index contributed by atoms with van der Waals surface area (Å²) in [4.78, 5) is 43.3. The molecule has 1 fully saturated rings. The lowest BCUT2D eigenvalue weighted by Gasteiger charge is -2.35. The first-order chi connectivity index (χ1) is 11.9. The molecule has 4 rings (SSSR count). The molecule has 1 aromatic heterocycles. The summed E-state index contributed by atoms with van der Waals surface area (Å²) in [7, 11) is 0. The molecule has 2 aliphatic heterocycles. The average Bonchev–Trinajstić information content (AvgIpc) is 3.04. The Labute approximate surface area is 144 Å². The predicted molar refractivity (Wildman–Crippen MR) is 88.3 cm³/mol. The first-order valence-electron chi connectivity index (χ1n) is 8.53. The predicted octanol–water partition coefficient (Wildman–Crippen LogP) is 0.526. The van der Waals surface area contributed by atoms with E-state index in [1.807, 2.05) is 0 Å². The number of ketones is 1. The van der Waals surface area contributed by atoms with Crippen molar-refractivity contribution in [2.75, 3.05) is 13.1 Å². The maximum atomic E-state index is 13.0. The van der Waals surface area contributed by atoms with E-state index in [-0.39, 0.29) is 23.6 Å². The maximum absolute atomic E-state index is 13.0. The number of aryl methyl sites for hydroxylation is 2. The van der Waals surface area contributed by atoms with Crippen LogP contribution in [0.1, 0.15) is 57.9 Å². The number of carbonyl (C=O) groups is 3. The van der Waals surface area contributed by atoms with Crippen molar-refractivity contribution in [3.63, 3.8) is 0 Å². The number of likely N-dealkylation sites (tertiary alicyclic amines) is 1. The number of hydrogen-bond donors (Lipinski definition) is 2. The lowest BCUT2D eigenvalue weighted by Crippen LogP contribution is -2.50. The van der Waals surface area contributed by atoms with E-state index in [0.717, 1.165) is 6.42 Å². The Bertz CT molecular complexity index is 815. The van der Waals surface area contributed by atoms with Crippen LogP contribution in [-0.4, -0.2) is 47.1 Å². The molecule has 0 saturated carbocycles. The summed E-state index contributed by atoms with van der Waals surface area (Å²) >= 11 is 0. The van der Waals surface area contributed by atoms with Gasteiger partial charge in [0.1, 0.15) is 17.1 Å². The molecule has 132 valence electrons. The standard InChI is InChI=1S/C17H20N4O4/c1-9-12(13-10(22)3-2-4-11(13)25-9)14(23)21-7-5-17(6-8-21)15(24)19-16(18)20-17/h2-8H2,1H3,(H3,18,19,20,24). The maximum Gasteiger partial charge on any atom is 0.258 e. The second-order valence-corrected chi connectivity index (χ2v) is 6.88. The Kier molecular flexibility index (Phi) is 3.45. The van der Waals surface area contributed by atoms with Gasteiger partial charge in [0.2, 0.25) is 0 Å². The molecule has 8 nitrogen and oxygen atoms in total. The van der Waals surface area contributed by atoms with Crippen molar-refractivity contribution in [3.05, 3.63) is 22.6 Å². The van der Waals surface area contributed by atoms with Crippen LogP contribution in [0, 0.1) is 6.92 Å². The molecule has 2 amide bonds. The number of piperidine rings is 1. The first kappa shape index (κ1) is 15.9. The topological polar surface area (TPSA) is 118 Å². The van der Waals surface area contributed by atoms with E-state index in [9.17, 15) is 14.4 Å². The molecule has 0 unspecified atom stereocenters. The molecule has 1 aliphatic carbocycles. The molecule has 3 heterocycles. The van der Waals surface area contributed by atoms with Crippen LogP contribution >= 0.6 is 0 Å². The zero-order valence-electron chi connectivity index (χ0n) is 14.1. The third-order valence-electron chi connectivity index (χ3n) is 5.33. The molecule has 1 spiro atoms. The fourth-order valence-corrected chi connectivity index (χ4v) is 3.98. The molecule has 1 saturated heterocycles. The number of nitrogens with two attached hydrogens (primary N) is 1. The van der Waals surface area contributed by atoms with E-state index < -0.39 is 5.54 Å². The number of amides is 2. The van der Waals surface area contributed by atoms with E-state index in [2.05, 4.69) is 10.3 Å². The van der Waals surface area contributed by atoms with Crippen molar-refractivity contribution >= 4 is 23.6 Å². The van der Waals surface area contributed by atoms with Gasteiger partial charge >= 0.3 is 0 Å². The smallest absolute Gasteiger partial charge is 0.258 e. The number of rotatable bonds is 1. The van der Waals surface area contributed by atoms with E-state index in [4.69, 9.17) is 10.2 Å². The molecule has 0 atom stereocenters. The van der Waals surface area contributed by atoms with Gasteiger partial charge in [-0.3, -0.25) is 19.7 Å². The third-order valence-corrected chi connectivity index (χ3v) is 5.33. The highest BCUT2D eigenvalue weighted by Gasteiger charge is 2.46. The summed E-state index contributed by atoms with van der Waals surface area (Å²) in [6.07, 6.45) is 2.72. The quantitative estimate of drug-likeness (QED) is 0.770. The first-order valence-corrected chi connectivity index (χ1v) is 8.53. The zero-order valence-corrected chi connectivity index (χ0v) is 14.1. The van der Waals surface area contributed by atoms with Gasteiger partial charge < -0.3 is 15.1 Å². The molecule has 25 heavy (non-hydrogen) atoms. The van der Waals surface area contributed by atoms with Crippen molar-refractivity contribution in [2.24, 2.45) is 10.7 Å². The van der Waals surface area contributed by atoms with Gasteiger partial charge in [0, 0.05) is 25.9 Å². The van der Waals surface area contributed by atoms with Crippen LogP contribution in [0.15, 0.2) is 9.41 Å². The highest BCUT2D eigenvalue weighted by molar-refractivity contribution is 6.10. The van der Waals surface area contributed by atoms with Crippen LogP contribution in [0.25, 0.3) is 0 Å². The molecule has 1 aromatic rings. The van der Waals surface area contributed by atoms with Crippen molar-refractivity contribution in [1.29, 1.82) is 0 Å². The molecular formula is C17H20N4O4. The van der Waals surface area contributed by atoms with Gasteiger partial charge in [0.25, 0.3) is 11.8 Å². The number of guanidine groups is 1. The third kappa shape index (κ3) is 2.35. The molecule has 0 radical (unpaired) electrons. The van der Waals surface area contributed by atoms with Crippen molar-refractivity contribution in [1.82, 2.24) is 10.2 Å². The number of nitrogens with zero attached hydrogens (tertiary/aromatic N) is 2. The number of furan rings is 1. The van der Waals surface area contributed by atoms with E-state index in [1.165, 1.54) is 0 Å². The molecule has 3 aliphatic rings. The lowest BCUT2D eigenvalue weighted by molar-refractivity contribution is -0.125. The molecule has 8 heteroatoms. The van der Waals surface area contributed by atoms with Crippen LogP contribution in [0.2, 0.25) is 0 Å². The van der Waals surface area contributed by atoms with Crippen molar-refractivity contribution in [3.8, 4) is 0 Å². The van der Waals surface area contributed by atoms with Crippen molar-refractivity contribution in [2.45, 2.75) is 44.6 Å². The normalized spacial score (nSPS) is 22.0. The summed E-state index contributed by atoms with van der Waals surface area (Å²) in [6.45, 7) is 2.49. The van der Waals surface area contributed by atoms with Gasteiger partial charge in [0.05, 0.1) is 11.1 Å². The van der Waals surface area contributed by atoms with Crippen LogP contribution < -0.4 is 11.1 Å². The number of carbonyl (C=O) groups excluding carboxylic acids is 3. The van der Waals surface area contributed by atoms with Crippen LogP contribution in [0.3, 0.4) is 0 Å². The Morgan fingerprint density at radius 3 is 2.64 bits per heavy atom. The van der Waals surface area contributed by atoms with Crippen molar-refractivity contribution < 1.29 is 18.8 Å². The summed E-state index contributed by atoms with van der Waals surface area (Å²) < 4.78 is 5.67. The number of hydrogen-bond acceptors (Lipinski definition) is 6. The highest BCUT2D eigenvalue weighted by atomic mass is 16.3. The van der Waals surface area contributed by atoms with Gasteiger partial charge in [-0.25, -0.2) is 4.99 Å². The minimum atomic E-state index is -0.860. The number of nitrogens with one attached hydrogen (secondary N) is 1. The second kappa shape index (κ2) is 5.44. The Morgan fingerprint density at radius 1 is 1.28 bits per heavy atom. The zero-order chi connectivity index (χ0) is 17.8. The van der Waals surface area contributed by atoms with Gasteiger partial charge in [-0.05, 0) is 26.2 Å². The van der Waals surface area contributed by atoms with Gasteiger partial charge in [-0.1, -0.05) is 0 Å². The minimum Gasteiger partial charge on any atom is -0.465 e. The fraction of sp³-hybridized carbons (Fsp3) is 0.529. The monoisotopic (exact) mass is 344 g/mol. The molecule has 3 N–H and O–H groups in total. The number of Topliss-reactive ketones (excluding diaryl/α,β-unsaturated/α-hetero) is 1. The minimum absolute atomic E-state index is 0.0255. The van der Waals surface area contributed by atoms with Gasteiger partial charge in [-0.2, -0.15) is 0 Å². The average molecular weight is 344 g/mol. The Morgan fingerprint density at radius 2 is 2.00 bits per heavy atom.